The lowest BCUT2D eigenvalue weighted by molar-refractivity contribution is 0.105. The second-order valence-corrected chi connectivity index (χ2v) is 6.90. The standard InChI is InChI=1S/C17H26N2O/c1-3-13-4-2-9-19(16(13)5-1)12-14-8-10-20-17(14)11-18-15-6-7-15/h8,10,13,15-16,18H,1-7,9,11-12H2. The van der Waals surface area contributed by atoms with Crippen LogP contribution in [0.4, 0.5) is 0 Å². The molecule has 0 aromatic carbocycles. The number of piperidine rings is 1. The Labute approximate surface area is 121 Å². The van der Waals surface area contributed by atoms with Crippen LogP contribution in [0.15, 0.2) is 16.7 Å². The van der Waals surface area contributed by atoms with E-state index in [0.29, 0.717) is 0 Å². The van der Waals surface area contributed by atoms with Crippen molar-refractivity contribution in [3.8, 4) is 0 Å². The van der Waals surface area contributed by atoms with E-state index in [0.717, 1.165) is 36.9 Å². The zero-order valence-corrected chi connectivity index (χ0v) is 12.3. The molecule has 1 aromatic heterocycles. The molecule has 3 heteroatoms. The van der Waals surface area contributed by atoms with Crippen LogP contribution in [0, 0.1) is 5.92 Å². The molecule has 1 saturated heterocycles. The van der Waals surface area contributed by atoms with Gasteiger partial charge in [0.25, 0.3) is 0 Å². The molecule has 20 heavy (non-hydrogen) atoms. The van der Waals surface area contributed by atoms with Crippen LogP contribution in [0.25, 0.3) is 0 Å². The molecule has 1 aliphatic heterocycles. The van der Waals surface area contributed by atoms with Gasteiger partial charge in [-0.1, -0.05) is 6.42 Å². The van der Waals surface area contributed by atoms with E-state index in [2.05, 4.69) is 16.3 Å². The fourth-order valence-corrected chi connectivity index (χ4v) is 4.16. The van der Waals surface area contributed by atoms with Crippen molar-refractivity contribution >= 4 is 0 Å². The summed E-state index contributed by atoms with van der Waals surface area (Å²) in [5, 5.41) is 3.57. The van der Waals surface area contributed by atoms with Gasteiger partial charge in [0.15, 0.2) is 0 Å². The Morgan fingerprint density at radius 2 is 2.05 bits per heavy atom. The van der Waals surface area contributed by atoms with Crippen LogP contribution in [0.2, 0.25) is 0 Å². The molecule has 3 nitrogen and oxygen atoms in total. The summed E-state index contributed by atoms with van der Waals surface area (Å²) in [5.41, 5.74) is 1.41. The Hall–Kier alpha value is -0.800. The smallest absolute Gasteiger partial charge is 0.122 e. The van der Waals surface area contributed by atoms with Gasteiger partial charge in [-0.25, -0.2) is 0 Å². The van der Waals surface area contributed by atoms with E-state index in [-0.39, 0.29) is 0 Å². The molecule has 0 spiro atoms. The number of hydrogen-bond acceptors (Lipinski definition) is 3. The van der Waals surface area contributed by atoms with E-state index < -0.39 is 0 Å². The van der Waals surface area contributed by atoms with Crippen molar-refractivity contribution in [2.45, 2.75) is 70.1 Å². The van der Waals surface area contributed by atoms with Gasteiger partial charge in [-0.05, 0) is 57.1 Å². The summed E-state index contributed by atoms with van der Waals surface area (Å²) in [7, 11) is 0. The van der Waals surface area contributed by atoms with E-state index in [1.54, 1.807) is 0 Å². The minimum absolute atomic E-state index is 0.752. The summed E-state index contributed by atoms with van der Waals surface area (Å²) in [6.45, 7) is 3.29. The summed E-state index contributed by atoms with van der Waals surface area (Å²) >= 11 is 0. The monoisotopic (exact) mass is 274 g/mol. The fourth-order valence-electron chi connectivity index (χ4n) is 4.16. The molecule has 2 unspecified atom stereocenters. The molecule has 110 valence electrons. The predicted octanol–water partition coefficient (Wildman–Crippen LogP) is 3.30. The second kappa shape index (κ2) is 5.53. The van der Waals surface area contributed by atoms with Crippen molar-refractivity contribution in [1.29, 1.82) is 0 Å². The van der Waals surface area contributed by atoms with Crippen molar-refractivity contribution < 1.29 is 4.42 Å². The number of nitrogens with zero attached hydrogens (tertiary/aromatic N) is 1. The topological polar surface area (TPSA) is 28.4 Å². The van der Waals surface area contributed by atoms with Crippen molar-refractivity contribution in [3.05, 3.63) is 23.7 Å². The third-order valence-electron chi connectivity index (χ3n) is 5.45. The molecule has 0 bridgehead atoms. The number of furan rings is 1. The molecular weight excluding hydrogens is 248 g/mol. The van der Waals surface area contributed by atoms with E-state index in [4.69, 9.17) is 4.42 Å². The highest BCUT2D eigenvalue weighted by atomic mass is 16.3. The minimum Gasteiger partial charge on any atom is -0.468 e. The minimum atomic E-state index is 0.752. The maximum absolute atomic E-state index is 5.71. The van der Waals surface area contributed by atoms with Gasteiger partial charge in [0.05, 0.1) is 12.8 Å². The average molecular weight is 274 g/mol. The number of rotatable bonds is 5. The van der Waals surface area contributed by atoms with Crippen LogP contribution in [0.1, 0.15) is 56.3 Å². The Morgan fingerprint density at radius 3 is 2.95 bits per heavy atom. The quantitative estimate of drug-likeness (QED) is 0.893. The van der Waals surface area contributed by atoms with Crippen molar-refractivity contribution in [2.75, 3.05) is 6.54 Å². The second-order valence-electron chi connectivity index (χ2n) is 6.90. The van der Waals surface area contributed by atoms with Crippen molar-refractivity contribution in [1.82, 2.24) is 10.2 Å². The molecule has 2 aliphatic carbocycles. The normalized spacial score (nSPS) is 30.6. The summed E-state index contributed by atoms with van der Waals surface area (Å²) in [5.74, 6) is 2.14. The molecule has 2 atom stereocenters. The molecule has 0 radical (unpaired) electrons. The predicted molar refractivity (Wildman–Crippen MR) is 79.3 cm³/mol. The lowest BCUT2D eigenvalue weighted by Gasteiger charge is -2.37. The lowest BCUT2D eigenvalue weighted by Crippen LogP contribution is -2.42. The van der Waals surface area contributed by atoms with Gasteiger partial charge in [-0.3, -0.25) is 4.90 Å². The van der Waals surface area contributed by atoms with Crippen LogP contribution in [-0.4, -0.2) is 23.5 Å². The molecule has 4 rings (SSSR count). The Kier molecular flexibility index (Phi) is 3.57. The first-order valence-electron chi connectivity index (χ1n) is 8.43. The molecule has 3 fully saturated rings. The number of nitrogens with one attached hydrogen (secondary N) is 1. The highest BCUT2D eigenvalue weighted by Gasteiger charge is 2.35. The zero-order valence-electron chi connectivity index (χ0n) is 12.3. The molecular formula is C17H26N2O. The SMILES string of the molecule is c1cc(CN2CCCC3CCCC32)c(CNC2CC2)o1. The van der Waals surface area contributed by atoms with Crippen LogP contribution >= 0.6 is 0 Å². The molecule has 3 aliphatic rings. The largest absolute Gasteiger partial charge is 0.468 e. The van der Waals surface area contributed by atoms with E-state index in [1.165, 1.54) is 57.1 Å². The third kappa shape index (κ3) is 2.66. The van der Waals surface area contributed by atoms with Gasteiger partial charge >= 0.3 is 0 Å². The first-order chi connectivity index (χ1) is 9.90. The van der Waals surface area contributed by atoms with Crippen molar-refractivity contribution in [3.63, 3.8) is 0 Å². The third-order valence-corrected chi connectivity index (χ3v) is 5.45. The van der Waals surface area contributed by atoms with Crippen molar-refractivity contribution in [2.24, 2.45) is 5.92 Å². The molecule has 1 N–H and O–H groups in total. The first kappa shape index (κ1) is 12.9. The molecule has 2 heterocycles. The van der Waals surface area contributed by atoms with Gasteiger partial charge in [0.2, 0.25) is 0 Å². The van der Waals surface area contributed by atoms with Crippen LogP contribution < -0.4 is 5.32 Å². The van der Waals surface area contributed by atoms with Crippen LogP contribution in [0.5, 0.6) is 0 Å². The molecule has 2 saturated carbocycles. The first-order valence-corrected chi connectivity index (χ1v) is 8.43. The van der Waals surface area contributed by atoms with Crippen LogP contribution in [-0.2, 0) is 13.1 Å². The summed E-state index contributed by atoms with van der Waals surface area (Å²) in [6.07, 6.45) is 11.7. The van der Waals surface area contributed by atoms with Gasteiger partial charge in [0.1, 0.15) is 5.76 Å². The van der Waals surface area contributed by atoms with Crippen LogP contribution in [0.3, 0.4) is 0 Å². The lowest BCUT2D eigenvalue weighted by atomic mass is 9.91. The van der Waals surface area contributed by atoms with Gasteiger partial charge in [-0.15, -0.1) is 0 Å². The van der Waals surface area contributed by atoms with Gasteiger partial charge in [0, 0.05) is 24.2 Å². The maximum Gasteiger partial charge on any atom is 0.122 e. The van der Waals surface area contributed by atoms with E-state index in [9.17, 15) is 0 Å². The zero-order chi connectivity index (χ0) is 13.4. The summed E-state index contributed by atoms with van der Waals surface area (Å²) in [6, 6.07) is 3.78. The fraction of sp³-hybridized carbons (Fsp3) is 0.765. The maximum atomic E-state index is 5.71. The highest BCUT2D eigenvalue weighted by Crippen LogP contribution is 2.37. The molecule has 1 aromatic rings. The Morgan fingerprint density at radius 1 is 1.15 bits per heavy atom. The number of fused-ring (bicyclic) bond motifs is 1. The van der Waals surface area contributed by atoms with Gasteiger partial charge < -0.3 is 9.73 Å². The Bertz CT molecular complexity index is 452. The number of likely N-dealkylation sites (tertiary alicyclic amines) is 1. The summed E-state index contributed by atoms with van der Waals surface area (Å²) < 4.78 is 5.71. The summed E-state index contributed by atoms with van der Waals surface area (Å²) in [4.78, 5) is 2.73. The number of hydrogen-bond donors (Lipinski definition) is 1. The van der Waals surface area contributed by atoms with E-state index >= 15 is 0 Å². The van der Waals surface area contributed by atoms with Gasteiger partial charge in [-0.2, -0.15) is 0 Å². The highest BCUT2D eigenvalue weighted by molar-refractivity contribution is 5.17. The van der Waals surface area contributed by atoms with E-state index in [1.807, 2.05) is 6.26 Å². The average Bonchev–Trinajstić information content (AvgIpc) is 2.99. The molecule has 0 amide bonds. The Balaban J connectivity index is 1.41.